The predicted octanol–water partition coefficient (Wildman–Crippen LogP) is 5.18. The van der Waals surface area contributed by atoms with E-state index >= 15 is 0 Å². The number of hydrogen-bond donors (Lipinski definition) is 0. The smallest absolute Gasteiger partial charge is 0.260 e. The Morgan fingerprint density at radius 3 is 2.57 bits per heavy atom. The third-order valence-corrected chi connectivity index (χ3v) is 9.34. The fraction of sp³-hybridized carbons (Fsp3) is 0.250. The number of aromatic nitrogens is 1. The summed E-state index contributed by atoms with van der Waals surface area (Å²) in [7, 11) is -0.474. The molecule has 2 heterocycles. The summed E-state index contributed by atoms with van der Waals surface area (Å²) in [5.74, 6) is 0.766. The first-order valence-corrected chi connectivity index (χ1v) is 13.5. The van der Waals surface area contributed by atoms with Crippen LogP contribution < -0.4 is 9.64 Å². The molecule has 5 rings (SSSR count). The molecule has 1 aliphatic rings. The van der Waals surface area contributed by atoms with E-state index in [4.69, 9.17) is 20.8 Å². The van der Waals surface area contributed by atoms with Crippen molar-refractivity contribution in [3.05, 3.63) is 71.1 Å². The Labute approximate surface area is 211 Å². The molecule has 0 N–H and O–H groups in total. The van der Waals surface area contributed by atoms with Gasteiger partial charge in [0.2, 0.25) is 10.0 Å². The van der Waals surface area contributed by atoms with Crippen LogP contribution in [0.5, 0.6) is 5.75 Å². The van der Waals surface area contributed by atoms with Crippen molar-refractivity contribution in [2.24, 2.45) is 0 Å². The zero-order valence-electron chi connectivity index (χ0n) is 19.0. The fourth-order valence-electron chi connectivity index (χ4n) is 3.73. The van der Waals surface area contributed by atoms with Crippen molar-refractivity contribution in [3.63, 3.8) is 0 Å². The van der Waals surface area contributed by atoms with Gasteiger partial charge in [0, 0.05) is 18.7 Å². The summed E-state index contributed by atoms with van der Waals surface area (Å²) >= 11 is 7.65. The number of thiazole rings is 1. The van der Waals surface area contributed by atoms with Crippen molar-refractivity contribution < 1.29 is 22.4 Å². The summed E-state index contributed by atoms with van der Waals surface area (Å²) in [6.45, 7) is 0.135. The molecule has 1 saturated carbocycles. The van der Waals surface area contributed by atoms with Gasteiger partial charge in [-0.05, 0) is 61.4 Å². The lowest BCUT2D eigenvalue weighted by Gasteiger charge is -2.19. The Bertz CT molecular complexity index is 1480. The summed E-state index contributed by atoms with van der Waals surface area (Å²) < 4.78 is 38.7. The molecule has 1 fully saturated rings. The van der Waals surface area contributed by atoms with Crippen molar-refractivity contribution in [1.29, 1.82) is 0 Å². The van der Waals surface area contributed by atoms with Crippen molar-refractivity contribution in [2.45, 2.75) is 30.3 Å². The number of rotatable bonds is 8. The highest BCUT2D eigenvalue weighted by molar-refractivity contribution is 7.89. The number of methoxy groups -OCH3 is 1. The largest absolute Gasteiger partial charge is 0.494 e. The molecule has 8 nitrogen and oxygen atoms in total. The summed E-state index contributed by atoms with van der Waals surface area (Å²) in [5, 5.41) is 0.919. The number of amides is 1. The maximum atomic E-state index is 13.6. The highest BCUT2D eigenvalue weighted by atomic mass is 35.5. The van der Waals surface area contributed by atoms with Crippen LogP contribution in [-0.2, 0) is 16.6 Å². The summed E-state index contributed by atoms with van der Waals surface area (Å²) in [5.41, 5.74) is 0.878. The predicted molar refractivity (Wildman–Crippen MR) is 135 cm³/mol. The molecule has 0 unspecified atom stereocenters. The van der Waals surface area contributed by atoms with Crippen molar-refractivity contribution in [3.8, 4) is 5.75 Å². The van der Waals surface area contributed by atoms with E-state index in [1.165, 1.54) is 51.1 Å². The van der Waals surface area contributed by atoms with Crippen molar-refractivity contribution in [1.82, 2.24) is 9.29 Å². The molecule has 1 aliphatic carbocycles. The van der Waals surface area contributed by atoms with Gasteiger partial charge in [0.15, 0.2) is 5.13 Å². The molecule has 0 bridgehead atoms. The van der Waals surface area contributed by atoms with E-state index < -0.39 is 10.0 Å². The molecular formula is C24H22ClN3O5S2. The second-order valence-electron chi connectivity index (χ2n) is 8.17. The first-order valence-electron chi connectivity index (χ1n) is 10.8. The van der Waals surface area contributed by atoms with E-state index in [-0.39, 0.29) is 23.4 Å². The number of nitrogens with zero attached hydrogens (tertiary/aromatic N) is 3. The molecule has 35 heavy (non-hydrogen) atoms. The first kappa shape index (κ1) is 23.8. The third kappa shape index (κ3) is 4.54. The number of sulfonamides is 1. The first-order chi connectivity index (χ1) is 16.8. The average Bonchev–Trinajstić information content (AvgIpc) is 3.39. The van der Waals surface area contributed by atoms with Gasteiger partial charge in [-0.2, -0.15) is 4.31 Å². The lowest BCUT2D eigenvalue weighted by Crippen LogP contribution is -2.31. The maximum absolute atomic E-state index is 13.6. The van der Waals surface area contributed by atoms with Gasteiger partial charge in [-0.25, -0.2) is 13.4 Å². The normalized spacial score (nSPS) is 13.9. The zero-order chi connectivity index (χ0) is 24.7. The number of anilines is 1. The Balaban J connectivity index is 1.51. The van der Waals surface area contributed by atoms with Crippen LogP contribution in [0.25, 0.3) is 10.2 Å². The van der Waals surface area contributed by atoms with Gasteiger partial charge in [0.1, 0.15) is 17.0 Å². The van der Waals surface area contributed by atoms with Crippen LogP contribution in [0, 0.1) is 0 Å². The number of carbonyl (C=O) groups is 1. The van der Waals surface area contributed by atoms with E-state index in [1.807, 2.05) is 0 Å². The van der Waals surface area contributed by atoms with Gasteiger partial charge in [-0.3, -0.25) is 9.69 Å². The number of halogens is 1. The molecule has 1 amide bonds. The van der Waals surface area contributed by atoms with Crippen LogP contribution in [0.4, 0.5) is 5.13 Å². The van der Waals surface area contributed by atoms with Gasteiger partial charge >= 0.3 is 0 Å². The summed E-state index contributed by atoms with van der Waals surface area (Å²) in [6.07, 6.45) is 3.27. The molecule has 0 aliphatic heterocycles. The van der Waals surface area contributed by atoms with E-state index in [0.717, 1.165) is 12.8 Å². The average molecular weight is 532 g/mol. The third-order valence-electron chi connectivity index (χ3n) is 5.88. The lowest BCUT2D eigenvalue weighted by atomic mass is 10.2. The van der Waals surface area contributed by atoms with E-state index in [1.54, 1.807) is 38.4 Å². The monoisotopic (exact) mass is 531 g/mol. The molecule has 2 aromatic carbocycles. The number of benzene rings is 2. The maximum Gasteiger partial charge on any atom is 0.260 e. The van der Waals surface area contributed by atoms with Crippen LogP contribution in [0.1, 0.15) is 29.0 Å². The topological polar surface area (TPSA) is 92.9 Å². The molecule has 0 atom stereocenters. The van der Waals surface area contributed by atoms with Gasteiger partial charge in [-0.1, -0.05) is 22.9 Å². The Hall–Kier alpha value is -2.92. The molecule has 0 radical (unpaired) electrons. The van der Waals surface area contributed by atoms with Crippen LogP contribution in [0.15, 0.2) is 64.1 Å². The van der Waals surface area contributed by atoms with E-state index in [9.17, 15) is 13.2 Å². The quantitative estimate of drug-likeness (QED) is 0.311. The minimum atomic E-state index is -3.61. The highest BCUT2D eigenvalue weighted by Crippen LogP contribution is 2.39. The van der Waals surface area contributed by atoms with E-state index in [0.29, 0.717) is 37.4 Å². The molecule has 0 saturated heterocycles. The van der Waals surface area contributed by atoms with Crippen LogP contribution in [-0.4, -0.2) is 43.8 Å². The minimum absolute atomic E-state index is 0.0490. The van der Waals surface area contributed by atoms with Gasteiger partial charge in [0.25, 0.3) is 5.91 Å². The van der Waals surface area contributed by atoms with Gasteiger partial charge in [0.05, 0.1) is 34.5 Å². The minimum Gasteiger partial charge on any atom is -0.494 e. The number of fused-ring (bicyclic) bond motifs is 1. The van der Waals surface area contributed by atoms with Gasteiger partial charge in [-0.15, -0.1) is 0 Å². The highest BCUT2D eigenvalue weighted by Gasteiger charge is 2.35. The molecule has 2 aromatic heterocycles. The van der Waals surface area contributed by atoms with Crippen molar-refractivity contribution >= 4 is 54.2 Å². The Morgan fingerprint density at radius 1 is 1.20 bits per heavy atom. The Morgan fingerprint density at radius 2 is 1.94 bits per heavy atom. The second kappa shape index (κ2) is 9.27. The number of hydrogen-bond acceptors (Lipinski definition) is 7. The molecule has 0 spiro atoms. The molecule has 11 heteroatoms. The molecule has 182 valence electrons. The van der Waals surface area contributed by atoms with Crippen molar-refractivity contribution in [2.75, 3.05) is 19.1 Å². The number of carbonyl (C=O) groups excluding carboxylic acids is 1. The lowest BCUT2D eigenvalue weighted by molar-refractivity contribution is 0.0983. The Kier molecular flexibility index (Phi) is 6.30. The molecular weight excluding hydrogens is 510 g/mol. The summed E-state index contributed by atoms with van der Waals surface area (Å²) in [4.78, 5) is 19.9. The standard InChI is InChI=1S/C24H22ClN3O5S2/c1-27(16-7-8-16)35(30,31)18-9-5-15(6-10-18)23(29)28(14-17-4-3-13-33-17)24-26-21-20(32-2)12-11-19(25)22(21)34-24/h3-6,9-13,16H,7-8,14H2,1-2H3. The van der Waals surface area contributed by atoms with E-state index in [2.05, 4.69) is 4.98 Å². The van der Waals surface area contributed by atoms with Crippen LogP contribution in [0.2, 0.25) is 5.02 Å². The van der Waals surface area contributed by atoms with Crippen LogP contribution >= 0.6 is 22.9 Å². The molecule has 4 aromatic rings. The van der Waals surface area contributed by atoms with Crippen LogP contribution in [0.3, 0.4) is 0 Å². The summed E-state index contributed by atoms with van der Waals surface area (Å²) in [6, 6.07) is 13.0. The fourth-order valence-corrected chi connectivity index (χ4v) is 6.40. The SMILES string of the molecule is COc1ccc(Cl)c2sc(N(Cc3ccco3)C(=O)c3ccc(S(=O)(=O)N(C)C4CC4)cc3)nc12. The zero-order valence-corrected chi connectivity index (χ0v) is 21.4. The second-order valence-corrected chi connectivity index (χ2v) is 11.6. The van der Waals surface area contributed by atoms with Gasteiger partial charge < -0.3 is 9.15 Å². The number of furan rings is 1. The number of ether oxygens (including phenoxy) is 1.